The first-order valence-electron chi connectivity index (χ1n) is 9.11. The number of hydrogen-bond acceptors (Lipinski definition) is 3. The highest BCUT2D eigenvalue weighted by atomic mass is 35.5. The molecule has 8 heteroatoms. The minimum atomic E-state index is -4.44. The van der Waals surface area contributed by atoms with E-state index in [2.05, 4.69) is 10.3 Å². The molecule has 0 bridgehead atoms. The molecule has 0 unspecified atom stereocenters. The molecule has 3 aromatic carbocycles. The Kier molecular flexibility index (Phi) is 5.80. The predicted molar refractivity (Wildman–Crippen MR) is 117 cm³/mol. The number of carbonyl (C=O) groups excluding carboxylic acids is 1. The van der Waals surface area contributed by atoms with Crippen LogP contribution in [0.25, 0.3) is 21.8 Å². The molecule has 1 aromatic heterocycles. The van der Waals surface area contributed by atoms with Gasteiger partial charge < -0.3 is 5.32 Å². The van der Waals surface area contributed by atoms with Crippen LogP contribution in [0.3, 0.4) is 0 Å². The molecule has 1 heterocycles. The molecule has 4 rings (SSSR count). The van der Waals surface area contributed by atoms with Gasteiger partial charge in [0.15, 0.2) is 0 Å². The Labute approximate surface area is 185 Å². The van der Waals surface area contributed by atoms with Crippen LogP contribution in [0.15, 0.2) is 78.2 Å². The van der Waals surface area contributed by atoms with Crippen LogP contribution in [0.1, 0.15) is 15.9 Å². The van der Waals surface area contributed by atoms with E-state index in [4.69, 9.17) is 11.6 Å². The number of amides is 1. The molecule has 31 heavy (non-hydrogen) atoms. The van der Waals surface area contributed by atoms with E-state index in [-0.39, 0.29) is 5.56 Å². The standard InChI is InChI=1S/C23H14ClF3N2OS/c24-19-7-2-1-6-18(19)22-29-20(13-31-22)15-4-3-5-17(12-15)28-21(30)14-8-10-16(11-9-14)23(25,26)27/h1-13H,(H,28,30). The molecule has 0 spiro atoms. The number of nitrogens with one attached hydrogen (secondary N) is 1. The summed E-state index contributed by atoms with van der Waals surface area (Å²) in [5, 5.41) is 6.00. The second-order valence-electron chi connectivity index (χ2n) is 6.63. The molecule has 0 atom stereocenters. The van der Waals surface area contributed by atoms with Gasteiger partial charge in [-0.15, -0.1) is 11.3 Å². The molecule has 0 radical (unpaired) electrons. The zero-order chi connectivity index (χ0) is 22.0. The topological polar surface area (TPSA) is 42.0 Å². The van der Waals surface area contributed by atoms with Crippen molar-refractivity contribution in [2.45, 2.75) is 6.18 Å². The largest absolute Gasteiger partial charge is 0.416 e. The van der Waals surface area contributed by atoms with E-state index in [1.165, 1.54) is 11.3 Å². The van der Waals surface area contributed by atoms with Gasteiger partial charge in [-0.2, -0.15) is 13.2 Å². The van der Waals surface area contributed by atoms with Crippen LogP contribution < -0.4 is 5.32 Å². The third-order valence-corrected chi connectivity index (χ3v) is 5.70. The monoisotopic (exact) mass is 458 g/mol. The van der Waals surface area contributed by atoms with Gasteiger partial charge in [0.25, 0.3) is 5.91 Å². The van der Waals surface area contributed by atoms with Gasteiger partial charge in [-0.3, -0.25) is 4.79 Å². The number of rotatable bonds is 4. The lowest BCUT2D eigenvalue weighted by molar-refractivity contribution is -0.137. The molecule has 1 N–H and O–H groups in total. The number of carbonyl (C=O) groups is 1. The molecule has 0 aliphatic heterocycles. The quantitative estimate of drug-likeness (QED) is 0.346. The van der Waals surface area contributed by atoms with Crippen LogP contribution in [-0.2, 0) is 6.18 Å². The lowest BCUT2D eigenvalue weighted by atomic mass is 10.1. The highest BCUT2D eigenvalue weighted by Crippen LogP contribution is 2.34. The summed E-state index contributed by atoms with van der Waals surface area (Å²) in [5.41, 5.74) is 2.20. The summed E-state index contributed by atoms with van der Waals surface area (Å²) in [4.78, 5) is 17.1. The van der Waals surface area contributed by atoms with Crippen LogP contribution in [0.4, 0.5) is 18.9 Å². The number of anilines is 1. The number of thiazole rings is 1. The van der Waals surface area contributed by atoms with E-state index in [0.717, 1.165) is 46.1 Å². The van der Waals surface area contributed by atoms with E-state index in [1.807, 2.05) is 29.6 Å². The van der Waals surface area contributed by atoms with Crippen LogP contribution >= 0.6 is 22.9 Å². The van der Waals surface area contributed by atoms with E-state index in [1.54, 1.807) is 24.3 Å². The fourth-order valence-corrected chi connectivity index (χ4v) is 4.08. The molecular weight excluding hydrogens is 445 g/mol. The van der Waals surface area contributed by atoms with E-state index in [9.17, 15) is 18.0 Å². The summed E-state index contributed by atoms with van der Waals surface area (Å²) >= 11 is 7.70. The summed E-state index contributed by atoms with van der Waals surface area (Å²) in [6, 6.07) is 18.6. The van der Waals surface area contributed by atoms with Gasteiger partial charge in [0.05, 0.1) is 16.3 Å². The van der Waals surface area contributed by atoms with Gasteiger partial charge in [0.2, 0.25) is 0 Å². The number of benzene rings is 3. The van der Waals surface area contributed by atoms with Crippen LogP contribution in [0.2, 0.25) is 5.02 Å². The summed E-state index contributed by atoms with van der Waals surface area (Å²) in [7, 11) is 0. The molecule has 0 aliphatic carbocycles. The third-order valence-electron chi connectivity index (χ3n) is 4.50. The zero-order valence-electron chi connectivity index (χ0n) is 15.8. The minimum Gasteiger partial charge on any atom is -0.322 e. The molecule has 1 amide bonds. The number of nitrogens with zero attached hydrogens (tertiary/aromatic N) is 1. The Hall–Kier alpha value is -3.16. The van der Waals surface area contributed by atoms with Crippen LogP contribution in [-0.4, -0.2) is 10.9 Å². The number of hydrogen-bond donors (Lipinski definition) is 1. The van der Waals surface area contributed by atoms with E-state index >= 15 is 0 Å². The van der Waals surface area contributed by atoms with Crippen molar-refractivity contribution >= 4 is 34.5 Å². The Morgan fingerprint density at radius 2 is 1.71 bits per heavy atom. The zero-order valence-corrected chi connectivity index (χ0v) is 17.4. The highest BCUT2D eigenvalue weighted by Gasteiger charge is 2.30. The van der Waals surface area contributed by atoms with Crippen LogP contribution in [0, 0.1) is 0 Å². The Balaban J connectivity index is 1.53. The fraction of sp³-hybridized carbons (Fsp3) is 0.0435. The number of aromatic nitrogens is 1. The molecular formula is C23H14ClF3N2OS. The summed E-state index contributed by atoms with van der Waals surface area (Å²) in [6.07, 6.45) is -4.44. The van der Waals surface area contributed by atoms with Gasteiger partial charge >= 0.3 is 6.18 Å². The smallest absolute Gasteiger partial charge is 0.322 e. The Bertz CT molecular complexity index is 1240. The molecule has 0 aliphatic rings. The molecule has 156 valence electrons. The second kappa shape index (κ2) is 8.53. The normalized spacial score (nSPS) is 11.4. The van der Waals surface area contributed by atoms with Crippen molar-refractivity contribution in [1.29, 1.82) is 0 Å². The van der Waals surface area contributed by atoms with Gasteiger partial charge in [-0.25, -0.2) is 4.98 Å². The van der Waals surface area contributed by atoms with Gasteiger partial charge in [0, 0.05) is 27.8 Å². The second-order valence-corrected chi connectivity index (χ2v) is 7.89. The van der Waals surface area contributed by atoms with E-state index in [0.29, 0.717) is 10.7 Å². The van der Waals surface area contributed by atoms with Crippen molar-refractivity contribution in [3.05, 3.63) is 94.3 Å². The molecule has 0 saturated heterocycles. The maximum atomic E-state index is 12.7. The lowest BCUT2D eigenvalue weighted by Crippen LogP contribution is -2.12. The first-order valence-corrected chi connectivity index (χ1v) is 10.4. The van der Waals surface area contributed by atoms with Crippen molar-refractivity contribution < 1.29 is 18.0 Å². The van der Waals surface area contributed by atoms with Crippen molar-refractivity contribution in [3.8, 4) is 21.8 Å². The first kappa shape index (κ1) is 21.1. The summed E-state index contributed by atoms with van der Waals surface area (Å²) in [5.74, 6) is -0.499. The van der Waals surface area contributed by atoms with Crippen molar-refractivity contribution in [3.63, 3.8) is 0 Å². The van der Waals surface area contributed by atoms with Crippen molar-refractivity contribution in [2.24, 2.45) is 0 Å². The maximum Gasteiger partial charge on any atom is 0.416 e. The molecule has 3 nitrogen and oxygen atoms in total. The molecule has 4 aromatic rings. The lowest BCUT2D eigenvalue weighted by Gasteiger charge is -2.09. The minimum absolute atomic E-state index is 0.132. The van der Waals surface area contributed by atoms with Gasteiger partial charge in [-0.05, 0) is 42.5 Å². The number of halogens is 4. The average Bonchev–Trinajstić information content (AvgIpc) is 3.24. The molecule has 0 fully saturated rings. The Morgan fingerprint density at radius 1 is 0.968 bits per heavy atom. The summed E-state index contributed by atoms with van der Waals surface area (Å²) in [6.45, 7) is 0. The van der Waals surface area contributed by atoms with Gasteiger partial charge in [-0.1, -0.05) is 41.9 Å². The fourth-order valence-electron chi connectivity index (χ4n) is 2.93. The van der Waals surface area contributed by atoms with E-state index < -0.39 is 17.6 Å². The first-order chi connectivity index (χ1) is 14.8. The Morgan fingerprint density at radius 3 is 2.42 bits per heavy atom. The molecule has 0 saturated carbocycles. The van der Waals surface area contributed by atoms with Crippen LogP contribution in [0.5, 0.6) is 0 Å². The SMILES string of the molecule is O=C(Nc1cccc(-c2csc(-c3ccccc3Cl)n2)c1)c1ccc(C(F)(F)F)cc1. The average molecular weight is 459 g/mol. The summed E-state index contributed by atoms with van der Waals surface area (Å²) < 4.78 is 38.1. The third kappa shape index (κ3) is 4.78. The maximum absolute atomic E-state index is 12.7. The number of alkyl halides is 3. The van der Waals surface area contributed by atoms with Gasteiger partial charge in [0.1, 0.15) is 5.01 Å². The highest BCUT2D eigenvalue weighted by molar-refractivity contribution is 7.13. The predicted octanol–water partition coefficient (Wildman–Crippen LogP) is 7.40. The van der Waals surface area contributed by atoms with Crippen molar-refractivity contribution in [2.75, 3.05) is 5.32 Å². The van der Waals surface area contributed by atoms with Crippen molar-refractivity contribution in [1.82, 2.24) is 4.98 Å².